The lowest BCUT2D eigenvalue weighted by Gasteiger charge is -2.11. The zero-order valence-electron chi connectivity index (χ0n) is 11.6. The monoisotopic (exact) mass is 252 g/mol. The molecule has 0 amide bonds. The maximum absolute atomic E-state index is 5.95. The van der Waals surface area contributed by atoms with Crippen molar-refractivity contribution in [3.8, 4) is 5.88 Å². The van der Waals surface area contributed by atoms with Gasteiger partial charge in [-0.25, -0.2) is 4.98 Å². The van der Waals surface area contributed by atoms with Crippen LogP contribution in [0.2, 0.25) is 0 Å². The van der Waals surface area contributed by atoms with E-state index in [1.54, 1.807) is 0 Å². The predicted molar refractivity (Wildman–Crippen MR) is 74.8 cm³/mol. The van der Waals surface area contributed by atoms with Crippen molar-refractivity contribution in [1.29, 1.82) is 0 Å². The largest absolute Gasteiger partial charge is 0.476 e. The summed E-state index contributed by atoms with van der Waals surface area (Å²) < 4.78 is 5.46. The fourth-order valence-corrected chi connectivity index (χ4v) is 1.55. The normalized spacial score (nSPS) is 10.7. The molecule has 0 radical (unpaired) electrons. The van der Waals surface area contributed by atoms with Gasteiger partial charge in [-0.3, -0.25) is 0 Å². The smallest absolute Gasteiger partial charge is 0.242 e. The Labute approximate surface area is 109 Å². The molecule has 0 saturated carbocycles. The number of hydrogen-bond acceptors (Lipinski definition) is 5. The number of nitrogens with zero attached hydrogens (tertiary/aromatic N) is 2. The summed E-state index contributed by atoms with van der Waals surface area (Å²) in [5, 5.41) is 3.23. The van der Waals surface area contributed by atoms with Gasteiger partial charge in [0.15, 0.2) is 5.82 Å². The van der Waals surface area contributed by atoms with Gasteiger partial charge < -0.3 is 15.8 Å². The SMILES string of the molecule is CCCOc1ncnc(NCCCC(C)C)c1N. The summed E-state index contributed by atoms with van der Waals surface area (Å²) in [7, 11) is 0. The van der Waals surface area contributed by atoms with E-state index < -0.39 is 0 Å². The minimum Gasteiger partial charge on any atom is -0.476 e. The van der Waals surface area contributed by atoms with Gasteiger partial charge in [0, 0.05) is 6.54 Å². The van der Waals surface area contributed by atoms with Crippen molar-refractivity contribution in [2.24, 2.45) is 5.92 Å². The zero-order valence-corrected chi connectivity index (χ0v) is 11.6. The van der Waals surface area contributed by atoms with Crippen molar-refractivity contribution in [3.63, 3.8) is 0 Å². The second-order valence-electron chi connectivity index (χ2n) is 4.75. The van der Waals surface area contributed by atoms with Gasteiger partial charge in [0.1, 0.15) is 12.0 Å². The molecule has 5 heteroatoms. The maximum Gasteiger partial charge on any atom is 0.242 e. The lowest BCUT2D eigenvalue weighted by atomic mass is 10.1. The lowest BCUT2D eigenvalue weighted by molar-refractivity contribution is 0.306. The summed E-state index contributed by atoms with van der Waals surface area (Å²) in [4.78, 5) is 8.17. The molecule has 0 aromatic carbocycles. The highest BCUT2D eigenvalue weighted by molar-refractivity contribution is 5.66. The Morgan fingerprint density at radius 2 is 2.17 bits per heavy atom. The van der Waals surface area contributed by atoms with Gasteiger partial charge in [0.05, 0.1) is 6.61 Å². The van der Waals surface area contributed by atoms with Crippen LogP contribution in [0, 0.1) is 5.92 Å². The van der Waals surface area contributed by atoms with Crippen molar-refractivity contribution in [2.45, 2.75) is 40.0 Å². The summed E-state index contributed by atoms with van der Waals surface area (Å²) in [6, 6.07) is 0. The lowest BCUT2D eigenvalue weighted by Crippen LogP contribution is -2.09. The summed E-state index contributed by atoms with van der Waals surface area (Å²) in [6.07, 6.45) is 4.70. The molecule has 102 valence electrons. The Morgan fingerprint density at radius 3 is 2.83 bits per heavy atom. The van der Waals surface area contributed by atoms with Crippen LogP contribution in [-0.4, -0.2) is 23.1 Å². The second kappa shape index (κ2) is 7.74. The van der Waals surface area contributed by atoms with E-state index in [0.717, 1.165) is 25.3 Å². The number of nitrogens with one attached hydrogen (secondary N) is 1. The first-order valence-corrected chi connectivity index (χ1v) is 6.62. The van der Waals surface area contributed by atoms with Gasteiger partial charge in [-0.2, -0.15) is 4.98 Å². The molecule has 0 saturated heterocycles. The second-order valence-corrected chi connectivity index (χ2v) is 4.75. The summed E-state index contributed by atoms with van der Waals surface area (Å²) >= 11 is 0. The molecule has 0 unspecified atom stereocenters. The standard InChI is InChI=1S/C13H24N4O/c1-4-8-18-13-11(14)12(16-9-17-13)15-7-5-6-10(2)3/h9-10H,4-8,14H2,1-3H3,(H,15,16,17). The molecule has 5 nitrogen and oxygen atoms in total. The number of anilines is 2. The topological polar surface area (TPSA) is 73.1 Å². The molecule has 1 aromatic heterocycles. The Hall–Kier alpha value is -1.52. The van der Waals surface area contributed by atoms with Crippen LogP contribution >= 0.6 is 0 Å². The molecular weight excluding hydrogens is 228 g/mol. The zero-order chi connectivity index (χ0) is 13.4. The highest BCUT2D eigenvalue weighted by Gasteiger charge is 2.08. The van der Waals surface area contributed by atoms with Crippen molar-refractivity contribution >= 4 is 11.5 Å². The third-order valence-electron chi connectivity index (χ3n) is 2.54. The van der Waals surface area contributed by atoms with E-state index in [2.05, 4.69) is 29.1 Å². The van der Waals surface area contributed by atoms with Crippen molar-refractivity contribution < 1.29 is 4.74 Å². The first kappa shape index (κ1) is 14.5. The van der Waals surface area contributed by atoms with E-state index in [1.165, 1.54) is 12.7 Å². The average Bonchev–Trinajstić information content (AvgIpc) is 2.34. The van der Waals surface area contributed by atoms with E-state index in [1.807, 2.05) is 6.92 Å². The van der Waals surface area contributed by atoms with Crippen LogP contribution in [0.25, 0.3) is 0 Å². The molecule has 1 heterocycles. The third kappa shape index (κ3) is 4.77. The van der Waals surface area contributed by atoms with Gasteiger partial charge >= 0.3 is 0 Å². The highest BCUT2D eigenvalue weighted by Crippen LogP contribution is 2.24. The molecule has 3 N–H and O–H groups in total. The quantitative estimate of drug-likeness (QED) is 0.696. The van der Waals surface area contributed by atoms with Crippen LogP contribution in [0.4, 0.5) is 11.5 Å². The molecule has 1 rings (SSSR count). The predicted octanol–water partition coefficient (Wildman–Crippen LogP) is 2.70. The van der Waals surface area contributed by atoms with E-state index in [0.29, 0.717) is 24.0 Å². The molecule has 0 bridgehead atoms. The number of nitrogen functional groups attached to an aromatic ring is 1. The van der Waals surface area contributed by atoms with Gasteiger partial charge in [-0.1, -0.05) is 20.8 Å². The summed E-state index contributed by atoms with van der Waals surface area (Å²) in [5.41, 5.74) is 6.45. The van der Waals surface area contributed by atoms with Gasteiger partial charge in [-0.15, -0.1) is 0 Å². The van der Waals surface area contributed by atoms with Crippen LogP contribution in [0.3, 0.4) is 0 Å². The minimum atomic E-state index is 0.471. The van der Waals surface area contributed by atoms with E-state index >= 15 is 0 Å². The summed E-state index contributed by atoms with van der Waals surface area (Å²) in [6.45, 7) is 7.97. The van der Waals surface area contributed by atoms with E-state index in [-0.39, 0.29) is 0 Å². The van der Waals surface area contributed by atoms with Crippen LogP contribution in [0.1, 0.15) is 40.0 Å². The molecule has 0 aliphatic heterocycles. The van der Waals surface area contributed by atoms with E-state index in [4.69, 9.17) is 10.5 Å². The van der Waals surface area contributed by atoms with Crippen molar-refractivity contribution in [1.82, 2.24) is 9.97 Å². The number of rotatable bonds is 8. The van der Waals surface area contributed by atoms with Gasteiger partial charge in [0.25, 0.3) is 0 Å². The Bertz CT molecular complexity index is 355. The maximum atomic E-state index is 5.95. The molecule has 18 heavy (non-hydrogen) atoms. The van der Waals surface area contributed by atoms with Gasteiger partial charge in [0.2, 0.25) is 5.88 Å². The molecule has 0 fully saturated rings. The van der Waals surface area contributed by atoms with Crippen molar-refractivity contribution in [2.75, 3.05) is 24.2 Å². The minimum absolute atomic E-state index is 0.471. The van der Waals surface area contributed by atoms with Crippen LogP contribution in [-0.2, 0) is 0 Å². The number of hydrogen-bond donors (Lipinski definition) is 2. The fourth-order valence-electron chi connectivity index (χ4n) is 1.55. The molecule has 0 aliphatic rings. The number of ether oxygens (including phenoxy) is 1. The first-order valence-electron chi connectivity index (χ1n) is 6.62. The molecule has 0 spiro atoms. The number of nitrogens with two attached hydrogens (primary N) is 1. The van der Waals surface area contributed by atoms with Crippen LogP contribution < -0.4 is 15.8 Å². The Balaban J connectivity index is 2.49. The molecule has 1 aromatic rings. The number of aromatic nitrogens is 2. The van der Waals surface area contributed by atoms with Gasteiger partial charge in [-0.05, 0) is 25.2 Å². The molecular formula is C13H24N4O. The highest BCUT2D eigenvalue weighted by atomic mass is 16.5. The fraction of sp³-hybridized carbons (Fsp3) is 0.692. The first-order chi connectivity index (χ1) is 8.65. The summed E-state index contributed by atoms with van der Waals surface area (Å²) in [5.74, 6) is 1.86. The van der Waals surface area contributed by atoms with Crippen LogP contribution in [0.15, 0.2) is 6.33 Å². The molecule has 0 atom stereocenters. The van der Waals surface area contributed by atoms with Crippen LogP contribution in [0.5, 0.6) is 5.88 Å². The van der Waals surface area contributed by atoms with Crippen molar-refractivity contribution in [3.05, 3.63) is 6.33 Å². The average molecular weight is 252 g/mol. The van der Waals surface area contributed by atoms with E-state index in [9.17, 15) is 0 Å². The third-order valence-corrected chi connectivity index (χ3v) is 2.54. The Morgan fingerprint density at radius 1 is 1.39 bits per heavy atom. The molecule has 0 aliphatic carbocycles. The Kier molecular flexibility index (Phi) is 6.25.